The number of hydrazone groups is 1. The summed E-state index contributed by atoms with van der Waals surface area (Å²) in [5.41, 5.74) is 3.17. The van der Waals surface area contributed by atoms with Crippen LogP contribution in [0.1, 0.15) is 32.8 Å². The third kappa shape index (κ3) is 4.41. The normalized spacial score (nSPS) is 18.7. The quantitative estimate of drug-likeness (QED) is 0.866. The van der Waals surface area contributed by atoms with Gasteiger partial charge in [0.1, 0.15) is 11.3 Å². The third-order valence-electron chi connectivity index (χ3n) is 3.07. The summed E-state index contributed by atoms with van der Waals surface area (Å²) in [6.45, 7) is 5.40. The molecular weight excluding hydrogens is 268 g/mol. The van der Waals surface area contributed by atoms with Gasteiger partial charge in [-0.2, -0.15) is 5.10 Å². The van der Waals surface area contributed by atoms with Crippen LogP contribution in [0.5, 0.6) is 0 Å². The molecule has 1 heterocycles. The molecular formula is C16H20N2O3. The first-order chi connectivity index (χ1) is 9.85. The summed E-state index contributed by atoms with van der Waals surface area (Å²) in [4.78, 5) is 23.9. The number of amides is 1. The number of esters is 1. The molecule has 5 nitrogen and oxygen atoms in total. The first-order valence-electron chi connectivity index (χ1n) is 6.99. The van der Waals surface area contributed by atoms with Gasteiger partial charge in [0.15, 0.2) is 0 Å². The standard InChI is InChI=1S/C16H20N2O3/c1-16(2,3)21-15(20)13-10-12(14(19)18-17-13)9-11-7-5-4-6-8-11/h4-8,12H,9-10H2,1-3H3,(H,18,19)/t12-/m1/s1. The third-order valence-corrected chi connectivity index (χ3v) is 3.07. The lowest BCUT2D eigenvalue weighted by Crippen LogP contribution is -2.40. The minimum Gasteiger partial charge on any atom is -0.455 e. The Bertz CT molecular complexity index is 559. The number of carbonyl (C=O) groups is 2. The van der Waals surface area contributed by atoms with E-state index in [4.69, 9.17) is 4.74 Å². The van der Waals surface area contributed by atoms with Crippen LogP contribution in [0.2, 0.25) is 0 Å². The number of nitrogens with one attached hydrogen (secondary N) is 1. The average molecular weight is 288 g/mol. The fourth-order valence-electron chi connectivity index (χ4n) is 2.12. The molecule has 0 aliphatic carbocycles. The first-order valence-corrected chi connectivity index (χ1v) is 6.99. The van der Waals surface area contributed by atoms with Gasteiger partial charge in [0.2, 0.25) is 5.91 Å². The number of carbonyl (C=O) groups excluding carboxylic acids is 2. The molecule has 0 spiro atoms. The van der Waals surface area contributed by atoms with Crippen LogP contribution < -0.4 is 5.43 Å². The topological polar surface area (TPSA) is 67.8 Å². The monoisotopic (exact) mass is 288 g/mol. The zero-order valence-electron chi connectivity index (χ0n) is 12.6. The van der Waals surface area contributed by atoms with Crippen molar-refractivity contribution in [1.82, 2.24) is 5.43 Å². The summed E-state index contributed by atoms with van der Waals surface area (Å²) in [6, 6.07) is 9.72. The lowest BCUT2D eigenvalue weighted by molar-refractivity contribution is -0.146. The SMILES string of the molecule is CC(C)(C)OC(=O)C1=NNC(=O)[C@H](Cc2ccccc2)C1. The van der Waals surface area contributed by atoms with Crippen molar-refractivity contribution in [2.24, 2.45) is 11.0 Å². The molecule has 1 atom stereocenters. The Morgan fingerprint density at radius 2 is 2.00 bits per heavy atom. The van der Waals surface area contributed by atoms with Crippen LogP contribution in [-0.2, 0) is 20.7 Å². The van der Waals surface area contributed by atoms with E-state index in [1.165, 1.54) is 0 Å². The molecule has 1 N–H and O–H groups in total. The number of hydrogen-bond acceptors (Lipinski definition) is 4. The second-order valence-corrected chi connectivity index (χ2v) is 6.13. The highest BCUT2D eigenvalue weighted by Crippen LogP contribution is 2.18. The van der Waals surface area contributed by atoms with Gasteiger partial charge in [0, 0.05) is 12.3 Å². The van der Waals surface area contributed by atoms with E-state index in [0.29, 0.717) is 12.8 Å². The van der Waals surface area contributed by atoms with Crippen molar-refractivity contribution in [2.45, 2.75) is 39.2 Å². The van der Waals surface area contributed by atoms with Crippen LogP contribution in [0, 0.1) is 5.92 Å². The van der Waals surface area contributed by atoms with Gasteiger partial charge in [0.05, 0.1) is 0 Å². The Labute approximate surface area is 124 Å². The van der Waals surface area contributed by atoms with E-state index in [1.807, 2.05) is 30.3 Å². The summed E-state index contributed by atoms with van der Waals surface area (Å²) in [5.74, 6) is -0.931. The average Bonchev–Trinajstić information content (AvgIpc) is 2.40. The fourth-order valence-corrected chi connectivity index (χ4v) is 2.12. The molecule has 21 heavy (non-hydrogen) atoms. The number of rotatable bonds is 3. The Balaban J connectivity index is 2.04. The van der Waals surface area contributed by atoms with Crippen LogP contribution in [0.4, 0.5) is 0 Å². The Morgan fingerprint density at radius 3 is 2.62 bits per heavy atom. The van der Waals surface area contributed by atoms with Gasteiger partial charge in [-0.15, -0.1) is 0 Å². The highest BCUT2D eigenvalue weighted by molar-refractivity contribution is 6.37. The van der Waals surface area contributed by atoms with Crippen molar-refractivity contribution in [3.63, 3.8) is 0 Å². The van der Waals surface area contributed by atoms with Crippen LogP contribution >= 0.6 is 0 Å². The number of benzene rings is 1. The molecule has 0 aromatic heterocycles. The number of ether oxygens (including phenoxy) is 1. The Kier molecular flexibility index (Phi) is 4.40. The van der Waals surface area contributed by atoms with Crippen molar-refractivity contribution in [2.75, 3.05) is 0 Å². The van der Waals surface area contributed by atoms with Crippen molar-refractivity contribution >= 4 is 17.6 Å². The summed E-state index contributed by atoms with van der Waals surface area (Å²) in [5, 5.41) is 3.83. The molecule has 112 valence electrons. The van der Waals surface area contributed by atoms with E-state index in [9.17, 15) is 9.59 Å². The number of nitrogens with zero attached hydrogens (tertiary/aromatic N) is 1. The van der Waals surface area contributed by atoms with Gasteiger partial charge in [-0.1, -0.05) is 30.3 Å². The molecule has 1 aliphatic rings. The van der Waals surface area contributed by atoms with E-state index >= 15 is 0 Å². The summed E-state index contributed by atoms with van der Waals surface area (Å²) < 4.78 is 5.29. The molecule has 1 aromatic rings. The Morgan fingerprint density at radius 1 is 1.33 bits per heavy atom. The van der Waals surface area contributed by atoms with E-state index in [-0.39, 0.29) is 17.5 Å². The van der Waals surface area contributed by atoms with Crippen LogP contribution in [0.15, 0.2) is 35.4 Å². The second-order valence-electron chi connectivity index (χ2n) is 6.13. The van der Waals surface area contributed by atoms with Crippen molar-refractivity contribution < 1.29 is 14.3 Å². The lowest BCUT2D eigenvalue weighted by Gasteiger charge is -2.24. The van der Waals surface area contributed by atoms with Crippen LogP contribution in [-0.4, -0.2) is 23.2 Å². The van der Waals surface area contributed by atoms with E-state index in [1.54, 1.807) is 20.8 Å². The molecule has 1 amide bonds. The van der Waals surface area contributed by atoms with Crippen molar-refractivity contribution in [1.29, 1.82) is 0 Å². The minimum absolute atomic E-state index is 0.161. The predicted molar refractivity (Wildman–Crippen MR) is 79.7 cm³/mol. The molecule has 1 aliphatic heterocycles. The largest absolute Gasteiger partial charge is 0.455 e. The van der Waals surface area contributed by atoms with Crippen LogP contribution in [0.25, 0.3) is 0 Å². The number of hydrogen-bond donors (Lipinski definition) is 1. The molecule has 0 fully saturated rings. The van der Waals surface area contributed by atoms with Gasteiger partial charge in [-0.25, -0.2) is 10.2 Å². The smallest absolute Gasteiger partial charge is 0.355 e. The van der Waals surface area contributed by atoms with Crippen LogP contribution in [0.3, 0.4) is 0 Å². The predicted octanol–water partition coefficient (Wildman–Crippen LogP) is 2.06. The highest BCUT2D eigenvalue weighted by Gasteiger charge is 2.31. The van der Waals surface area contributed by atoms with Gasteiger partial charge in [-0.3, -0.25) is 4.79 Å². The molecule has 0 bridgehead atoms. The van der Waals surface area contributed by atoms with Gasteiger partial charge in [-0.05, 0) is 32.8 Å². The zero-order chi connectivity index (χ0) is 15.5. The van der Waals surface area contributed by atoms with E-state index < -0.39 is 11.6 Å². The molecule has 0 saturated carbocycles. The van der Waals surface area contributed by atoms with Gasteiger partial charge >= 0.3 is 5.97 Å². The molecule has 2 rings (SSSR count). The Hall–Kier alpha value is -2.17. The summed E-state index contributed by atoms with van der Waals surface area (Å²) in [7, 11) is 0. The van der Waals surface area contributed by atoms with E-state index in [2.05, 4.69) is 10.5 Å². The fraction of sp³-hybridized carbons (Fsp3) is 0.438. The molecule has 0 unspecified atom stereocenters. The first kappa shape index (κ1) is 15.2. The maximum atomic E-state index is 12.0. The van der Waals surface area contributed by atoms with E-state index in [0.717, 1.165) is 5.56 Å². The van der Waals surface area contributed by atoms with Gasteiger partial charge in [0.25, 0.3) is 0 Å². The summed E-state index contributed by atoms with van der Waals surface area (Å²) >= 11 is 0. The molecule has 0 saturated heterocycles. The molecule has 0 radical (unpaired) electrons. The maximum absolute atomic E-state index is 12.0. The highest BCUT2D eigenvalue weighted by atomic mass is 16.6. The molecule has 1 aromatic carbocycles. The zero-order valence-corrected chi connectivity index (χ0v) is 12.6. The lowest BCUT2D eigenvalue weighted by atomic mass is 9.92. The summed E-state index contributed by atoms with van der Waals surface area (Å²) in [6.07, 6.45) is 0.879. The molecule has 5 heteroatoms. The second kappa shape index (κ2) is 6.08. The maximum Gasteiger partial charge on any atom is 0.355 e. The minimum atomic E-state index is -0.573. The van der Waals surface area contributed by atoms with Gasteiger partial charge < -0.3 is 4.74 Å². The van der Waals surface area contributed by atoms with Crippen molar-refractivity contribution in [3.8, 4) is 0 Å². The van der Waals surface area contributed by atoms with Crippen molar-refractivity contribution in [3.05, 3.63) is 35.9 Å².